The number of aromatic nitrogens is 2. The summed E-state index contributed by atoms with van der Waals surface area (Å²) in [5.74, 6) is 1.52. The van der Waals surface area contributed by atoms with Gasteiger partial charge in [0.15, 0.2) is 0 Å². The minimum Gasteiger partial charge on any atom is -0.497 e. The van der Waals surface area contributed by atoms with E-state index in [1.54, 1.807) is 13.3 Å². The maximum Gasteiger partial charge on any atom is 0.228 e. The zero-order chi connectivity index (χ0) is 19.0. The summed E-state index contributed by atoms with van der Waals surface area (Å²) in [6.07, 6.45) is 2.69. The van der Waals surface area contributed by atoms with E-state index < -0.39 is 0 Å². The Balaban J connectivity index is 1.76. The fourth-order valence-electron chi connectivity index (χ4n) is 3.30. The van der Waals surface area contributed by atoms with E-state index in [4.69, 9.17) is 9.72 Å². The SMILES string of the molecule is COc1ccc(Cc2ncc3c(n2)-c2cc(C)c(C)cc2NC(=O)C3)cc1. The smallest absolute Gasteiger partial charge is 0.228 e. The number of anilines is 1. The van der Waals surface area contributed by atoms with Crippen LogP contribution in [0.1, 0.15) is 28.1 Å². The second-order valence-corrected chi connectivity index (χ2v) is 6.89. The molecule has 2 aromatic carbocycles. The quantitative estimate of drug-likeness (QED) is 0.771. The molecule has 5 heteroatoms. The molecule has 0 saturated carbocycles. The molecule has 0 aliphatic carbocycles. The number of ether oxygens (including phenoxy) is 1. The van der Waals surface area contributed by atoms with Crippen LogP contribution in [0.4, 0.5) is 5.69 Å². The van der Waals surface area contributed by atoms with Crippen LogP contribution in [0.25, 0.3) is 11.3 Å². The van der Waals surface area contributed by atoms with Crippen LogP contribution in [0.3, 0.4) is 0 Å². The van der Waals surface area contributed by atoms with Crippen LogP contribution in [0.15, 0.2) is 42.6 Å². The van der Waals surface area contributed by atoms with Crippen molar-refractivity contribution in [1.29, 1.82) is 0 Å². The molecule has 0 bridgehead atoms. The number of carbonyl (C=O) groups is 1. The van der Waals surface area contributed by atoms with Gasteiger partial charge in [0.2, 0.25) is 5.91 Å². The highest BCUT2D eigenvalue weighted by Gasteiger charge is 2.21. The molecule has 0 spiro atoms. The molecule has 1 N–H and O–H groups in total. The number of hydrogen-bond acceptors (Lipinski definition) is 4. The standard InChI is InChI=1S/C22H21N3O2/c1-13-8-18-19(9-14(13)2)24-21(26)11-16-12-23-20(25-22(16)18)10-15-4-6-17(27-3)7-5-15/h4-9,12H,10-11H2,1-3H3,(H,24,26). The molecule has 0 fully saturated rings. The first kappa shape index (κ1) is 17.2. The second-order valence-electron chi connectivity index (χ2n) is 6.89. The molecule has 136 valence electrons. The van der Waals surface area contributed by atoms with E-state index in [1.165, 1.54) is 5.56 Å². The predicted molar refractivity (Wildman–Crippen MR) is 105 cm³/mol. The first-order valence-corrected chi connectivity index (χ1v) is 8.92. The number of carbonyl (C=O) groups excluding carboxylic acids is 1. The number of nitrogens with one attached hydrogen (secondary N) is 1. The van der Waals surface area contributed by atoms with Crippen molar-refractivity contribution in [2.24, 2.45) is 0 Å². The lowest BCUT2D eigenvalue weighted by molar-refractivity contribution is -0.115. The van der Waals surface area contributed by atoms with Gasteiger partial charge in [-0.25, -0.2) is 9.97 Å². The van der Waals surface area contributed by atoms with Crippen LogP contribution in [0.2, 0.25) is 0 Å². The van der Waals surface area contributed by atoms with Gasteiger partial charge in [-0.3, -0.25) is 4.79 Å². The Morgan fingerprint density at radius 1 is 1.11 bits per heavy atom. The maximum absolute atomic E-state index is 12.3. The van der Waals surface area contributed by atoms with Crippen LogP contribution in [0, 0.1) is 13.8 Å². The average Bonchev–Trinajstić information content (AvgIpc) is 2.78. The van der Waals surface area contributed by atoms with E-state index in [9.17, 15) is 4.79 Å². The van der Waals surface area contributed by atoms with Gasteiger partial charge < -0.3 is 10.1 Å². The molecule has 2 heterocycles. The Bertz CT molecular complexity index is 1030. The maximum atomic E-state index is 12.3. The van der Waals surface area contributed by atoms with Gasteiger partial charge >= 0.3 is 0 Å². The third-order valence-corrected chi connectivity index (χ3v) is 4.95. The van der Waals surface area contributed by atoms with Gasteiger partial charge in [0.25, 0.3) is 0 Å². The number of nitrogens with zero attached hydrogens (tertiary/aromatic N) is 2. The first-order chi connectivity index (χ1) is 13.0. The minimum atomic E-state index is -0.0373. The lowest BCUT2D eigenvalue weighted by Crippen LogP contribution is -2.13. The van der Waals surface area contributed by atoms with Crippen molar-refractivity contribution >= 4 is 11.6 Å². The molecular weight excluding hydrogens is 338 g/mol. The molecule has 1 aliphatic rings. The lowest BCUT2D eigenvalue weighted by atomic mass is 9.99. The van der Waals surface area contributed by atoms with E-state index in [0.29, 0.717) is 6.42 Å². The molecule has 1 aromatic heterocycles. The number of hydrogen-bond donors (Lipinski definition) is 1. The lowest BCUT2D eigenvalue weighted by Gasteiger charge is -2.12. The Morgan fingerprint density at radius 3 is 2.59 bits per heavy atom. The summed E-state index contributed by atoms with van der Waals surface area (Å²) < 4.78 is 5.21. The number of rotatable bonds is 3. The summed E-state index contributed by atoms with van der Waals surface area (Å²) in [5.41, 5.74) is 6.89. The Hall–Kier alpha value is -3.21. The minimum absolute atomic E-state index is 0.0373. The van der Waals surface area contributed by atoms with Gasteiger partial charge in [-0.15, -0.1) is 0 Å². The van der Waals surface area contributed by atoms with Crippen molar-refractivity contribution in [1.82, 2.24) is 9.97 Å². The molecule has 27 heavy (non-hydrogen) atoms. The fourth-order valence-corrected chi connectivity index (χ4v) is 3.30. The Kier molecular flexibility index (Phi) is 4.36. The van der Waals surface area contributed by atoms with Crippen molar-refractivity contribution in [2.45, 2.75) is 26.7 Å². The number of amides is 1. The molecule has 4 rings (SSSR count). The normalized spacial score (nSPS) is 12.6. The highest BCUT2D eigenvalue weighted by Crippen LogP contribution is 2.34. The largest absolute Gasteiger partial charge is 0.497 e. The topological polar surface area (TPSA) is 64.1 Å². The molecule has 0 atom stereocenters. The van der Waals surface area contributed by atoms with Crippen LogP contribution >= 0.6 is 0 Å². The number of methoxy groups -OCH3 is 1. The summed E-state index contributed by atoms with van der Waals surface area (Å²) in [5, 5.41) is 3.00. The molecule has 1 aliphatic heterocycles. The van der Waals surface area contributed by atoms with Gasteiger partial charge in [-0.05, 0) is 54.8 Å². The van der Waals surface area contributed by atoms with E-state index in [0.717, 1.165) is 45.2 Å². The van der Waals surface area contributed by atoms with Gasteiger partial charge in [-0.2, -0.15) is 0 Å². The fraction of sp³-hybridized carbons (Fsp3) is 0.227. The van der Waals surface area contributed by atoms with Crippen molar-refractivity contribution in [2.75, 3.05) is 12.4 Å². The van der Waals surface area contributed by atoms with Crippen molar-refractivity contribution in [3.8, 4) is 17.0 Å². The van der Waals surface area contributed by atoms with Crippen LogP contribution in [-0.4, -0.2) is 23.0 Å². The van der Waals surface area contributed by atoms with E-state index in [2.05, 4.69) is 23.3 Å². The van der Waals surface area contributed by atoms with E-state index in [1.807, 2.05) is 37.3 Å². The molecule has 0 saturated heterocycles. The van der Waals surface area contributed by atoms with Crippen molar-refractivity contribution in [3.63, 3.8) is 0 Å². The Morgan fingerprint density at radius 2 is 1.85 bits per heavy atom. The molecule has 5 nitrogen and oxygen atoms in total. The first-order valence-electron chi connectivity index (χ1n) is 8.92. The zero-order valence-corrected chi connectivity index (χ0v) is 15.7. The highest BCUT2D eigenvalue weighted by molar-refractivity contribution is 6.00. The molecule has 0 unspecified atom stereocenters. The molecular formula is C22H21N3O2. The van der Waals surface area contributed by atoms with E-state index >= 15 is 0 Å². The van der Waals surface area contributed by atoms with Crippen molar-refractivity contribution < 1.29 is 9.53 Å². The summed E-state index contributed by atoms with van der Waals surface area (Å²) >= 11 is 0. The summed E-state index contributed by atoms with van der Waals surface area (Å²) in [6.45, 7) is 4.12. The zero-order valence-electron chi connectivity index (χ0n) is 15.7. The summed E-state index contributed by atoms with van der Waals surface area (Å²) in [7, 11) is 1.65. The van der Waals surface area contributed by atoms with Crippen LogP contribution in [-0.2, 0) is 17.6 Å². The number of fused-ring (bicyclic) bond motifs is 3. The molecule has 0 radical (unpaired) electrons. The van der Waals surface area contributed by atoms with Gasteiger partial charge in [0, 0.05) is 23.7 Å². The van der Waals surface area contributed by atoms with Gasteiger partial charge in [0.05, 0.1) is 24.9 Å². The van der Waals surface area contributed by atoms with Crippen LogP contribution < -0.4 is 10.1 Å². The monoisotopic (exact) mass is 359 g/mol. The third-order valence-electron chi connectivity index (χ3n) is 4.95. The summed E-state index contributed by atoms with van der Waals surface area (Å²) in [4.78, 5) is 21.6. The van der Waals surface area contributed by atoms with Crippen molar-refractivity contribution in [3.05, 3.63) is 70.7 Å². The number of aryl methyl sites for hydroxylation is 2. The van der Waals surface area contributed by atoms with Gasteiger partial charge in [-0.1, -0.05) is 12.1 Å². The van der Waals surface area contributed by atoms with Gasteiger partial charge in [0.1, 0.15) is 11.6 Å². The number of benzene rings is 2. The second kappa shape index (κ2) is 6.83. The Labute approximate surface area is 158 Å². The molecule has 1 amide bonds. The average molecular weight is 359 g/mol. The highest BCUT2D eigenvalue weighted by atomic mass is 16.5. The predicted octanol–water partition coefficient (Wildman–Crippen LogP) is 3.85. The third kappa shape index (κ3) is 3.40. The van der Waals surface area contributed by atoms with Crippen LogP contribution in [0.5, 0.6) is 5.75 Å². The molecule has 3 aromatic rings. The summed E-state index contributed by atoms with van der Waals surface area (Å²) in [6, 6.07) is 12.0. The van der Waals surface area contributed by atoms with E-state index in [-0.39, 0.29) is 12.3 Å².